The number of nitrogens with one attached hydrogen (secondary N) is 1. The molecule has 4 nitrogen and oxygen atoms in total. The van der Waals surface area contributed by atoms with Gasteiger partial charge in [-0.15, -0.1) is 0 Å². The van der Waals surface area contributed by atoms with E-state index in [1.165, 1.54) is 0 Å². The van der Waals surface area contributed by atoms with E-state index in [2.05, 4.69) is 5.32 Å². The first-order valence-corrected chi connectivity index (χ1v) is 9.09. The first-order chi connectivity index (χ1) is 12.7. The third-order valence-corrected chi connectivity index (χ3v) is 4.42. The van der Waals surface area contributed by atoms with Crippen LogP contribution in [0.25, 0.3) is 6.08 Å². The molecule has 27 heavy (non-hydrogen) atoms. The zero-order chi connectivity index (χ0) is 20.1. The molecule has 1 amide bonds. The molecular formula is C23H26N2O2. The fourth-order valence-electron chi connectivity index (χ4n) is 2.82. The Hall–Kier alpha value is -3.06. The number of carbonyl (C=O) groups excluding carboxylic acids is 1. The van der Waals surface area contributed by atoms with Crippen molar-refractivity contribution in [2.75, 3.05) is 5.32 Å². The molecule has 0 aromatic heterocycles. The number of anilines is 1. The lowest BCUT2D eigenvalue weighted by Crippen LogP contribution is -2.13. The third kappa shape index (κ3) is 4.98. The quantitative estimate of drug-likeness (QED) is 0.545. The first kappa shape index (κ1) is 20.3. The Morgan fingerprint density at radius 1 is 1.07 bits per heavy atom. The number of amides is 1. The van der Waals surface area contributed by atoms with E-state index in [1.807, 2.05) is 65.0 Å². The number of hydrogen-bond acceptors (Lipinski definition) is 3. The molecule has 4 heteroatoms. The Morgan fingerprint density at radius 2 is 1.59 bits per heavy atom. The number of carbonyl (C=O) groups is 1. The number of nitriles is 1. The van der Waals surface area contributed by atoms with Gasteiger partial charge in [-0.2, -0.15) is 5.26 Å². The molecule has 2 N–H and O–H groups in total. The summed E-state index contributed by atoms with van der Waals surface area (Å²) in [6.07, 6.45) is 1.57. The Morgan fingerprint density at radius 3 is 2.04 bits per heavy atom. The second kappa shape index (κ2) is 8.55. The highest BCUT2D eigenvalue weighted by atomic mass is 16.3. The van der Waals surface area contributed by atoms with Crippen LogP contribution in [0, 0.1) is 18.3 Å². The van der Waals surface area contributed by atoms with Crippen molar-refractivity contribution in [1.82, 2.24) is 0 Å². The molecule has 2 rings (SSSR count). The highest BCUT2D eigenvalue weighted by molar-refractivity contribution is 6.09. The lowest BCUT2D eigenvalue weighted by molar-refractivity contribution is -0.112. The van der Waals surface area contributed by atoms with E-state index in [4.69, 9.17) is 0 Å². The Balaban J connectivity index is 2.40. The van der Waals surface area contributed by atoms with Crippen molar-refractivity contribution in [2.24, 2.45) is 0 Å². The zero-order valence-corrected chi connectivity index (χ0v) is 16.5. The first-order valence-electron chi connectivity index (χ1n) is 9.09. The maximum atomic E-state index is 12.5. The predicted octanol–water partition coefficient (Wildman–Crippen LogP) is 5.49. The summed E-state index contributed by atoms with van der Waals surface area (Å²) in [6, 6.07) is 13.1. The normalized spacial score (nSPS) is 11.6. The maximum Gasteiger partial charge on any atom is 0.266 e. The molecule has 0 atom stereocenters. The van der Waals surface area contributed by atoms with Gasteiger partial charge >= 0.3 is 0 Å². The topological polar surface area (TPSA) is 73.1 Å². The monoisotopic (exact) mass is 362 g/mol. The van der Waals surface area contributed by atoms with E-state index in [9.17, 15) is 15.2 Å². The Labute approximate surface area is 161 Å². The second-order valence-corrected chi connectivity index (χ2v) is 7.35. The molecule has 2 aromatic rings. The largest absolute Gasteiger partial charge is 0.507 e. The molecule has 0 aliphatic rings. The minimum atomic E-state index is -0.452. The number of benzene rings is 2. The zero-order valence-electron chi connectivity index (χ0n) is 16.5. The number of nitrogens with zero attached hydrogens (tertiary/aromatic N) is 1. The SMILES string of the molecule is Cc1ccc(NC(=O)/C(C#N)=C/c2cc(C(C)C)c(O)c(C(C)C)c2)cc1. The minimum Gasteiger partial charge on any atom is -0.507 e. The van der Waals surface area contributed by atoms with Crippen LogP contribution >= 0.6 is 0 Å². The summed E-state index contributed by atoms with van der Waals surface area (Å²) in [5.74, 6) is 0.0944. The molecule has 0 saturated carbocycles. The number of phenols is 1. The van der Waals surface area contributed by atoms with Gasteiger partial charge in [-0.1, -0.05) is 45.4 Å². The van der Waals surface area contributed by atoms with Crippen LogP contribution in [0.3, 0.4) is 0 Å². The standard InChI is InChI=1S/C23H26N2O2/c1-14(2)20-11-17(12-21(15(3)4)22(20)26)10-18(13-24)23(27)25-19-8-6-16(5)7-9-19/h6-12,14-15,26H,1-5H3,(H,25,27)/b18-10+. The van der Waals surface area contributed by atoms with Crippen LogP contribution in [0.15, 0.2) is 42.0 Å². The summed E-state index contributed by atoms with van der Waals surface area (Å²) >= 11 is 0. The van der Waals surface area contributed by atoms with Crippen molar-refractivity contribution < 1.29 is 9.90 Å². The highest BCUT2D eigenvalue weighted by Crippen LogP contribution is 2.35. The average molecular weight is 362 g/mol. The fraction of sp³-hybridized carbons (Fsp3) is 0.304. The summed E-state index contributed by atoms with van der Waals surface area (Å²) < 4.78 is 0. The van der Waals surface area contributed by atoms with E-state index in [1.54, 1.807) is 18.2 Å². The Bertz CT molecular complexity index is 872. The number of phenolic OH excluding ortho intramolecular Hbond substituents is 1. The van der Waals surface area contributed by atoms with Gasteiger partial charge in [0.2, 0.25) is 0 Å². The molecule has 0 fully saturated rings. The van der Waals surface area contributed by atoms with Gasteiger partial charge < -0.3 is 10.4 Å². The van der Waals surface area contributed by atoms with Crippen LogP contribution in [0.1, 0.15) is 61.8 Å². The van der Waals surface area contributed by atoms with Crippen molar-refractivity contribution in [3.63, 3.8) is 0 Å². The number of rotatable bonds is 5. The lowest BCUT2D eigenvalue weighted by atomic mass is 9.91. The molecule has 0 heterocycles. The predicted molar refractivity (Wildman–Crippen MR) is 110 cm³/mol. The summed E-state index contributed by atoms with van der Waals surface area (Å²) in [5.41, 5.74) is 4.10. The van der Waals surface area contributed by atoms with Gasteiger partial charge in [0.1, 0.15) is 17.4 Å². The maximum absolute atomic E-state index is 12.5. The lowest BCUT2D eigenvalue weighted by Gasteiger charge is -2.16. The van der Waals surface area contributed by atoms with E-state index in [0.29, 0.717) is 11.4 Å². The van der Waals surface area contributed by atoms with Crippen LogP contribution in [-0.2, 0) is 4.79 Å². The second-order valence-electron chi connectivity index (χ2n) is 7.35. The fourth-order valence-corrected chi connectivity index (χ4v) is 2.82. The van der Waals surface area contributed by atoms with Gasteiger partial charge in [0.15, 0.2) is 0 Å². The van der Waals surface area contributed by atoms with Gasteiger partial charge in [0.25, 0.3) is 5.91 Å². The van der Waals surface area contributed by atoms with Crippen LogP contribution < -0.4 is 5.32 Å². The molecule has 0 unspecified atom stereocenters. The molecule has 140 valence electrons. The van der Waals surface area contributed by atoms with Crippen molar-refractivity contribution in [3.05, 3.63) is 64.2 Å². The van der Waals surface area contributed by atoms with Crippen molar-refractivity contribution in [3.8, 4) is 11.8 Å². The van der Waals surface area contributed by atoms with Crippen LogP contribution in [0.4, 0.5) is 5.69 Å². The molecular weight excluding hydrogens is 336 g/mol. The molecule has 0 aliphatic heterocycles. The summed E-state index contributed by atoms with van der Waals surface area (Å²) in [6.45, 7) is 9.98. The van der Waals surface area contributed by atoms with E-state index >= 15 is 0 Å². The highest BCUT2D eigenvalue weighted by Gasteiger charge is 2.16. The van der Waals surface area contributed by atoms with E-state index in [0.717, 1.165) is 22.3 Å². The molecule has 0 saturated heterocycles. The molecule has 0 radical (unpaired) electrons. The summed E-state index contributed by atoms with van der Waals surface area (Å²) in [7, 11) is 0. The van der Waals surface area contributed by atoms with Crippen LogP contribution in [0.2, 0.25) is 0 Å². The molecule has 0 spiro atoms. The van der Waals surface area contributed by atoms with Gasteiger partial charge in [-0.25, -0.2) is 0 Å². The minimum absolute atomic E-state index is 0.0191. The molecule has 0 bridgehead atoms. The van der Waals surface area contributed by atoms with Gasteiger partial charge in [-0.3, -0.25) is 4.79 Å². The van der Waals surface area contributed by atoms with Gasteiger partial charge in [0, 0.05) is 5.69 Å². The van der Waals surface area contributed by atoms with Crippen LogP contribution in [0.5, 0.6) is 5.75 Å². The van der Waals surface area contributed by atoms with Crippen LogP contribution in [-0.4, -0.2) is 11.0 Å². The average Bonchev–Trinajstić information content (AvgIpc) is 2.62. The van der Waals surface area contributed by atoms with E-state index in [-0.39, 0.29) is 17.4 Å². The smallest absolute Gasteiger partial charge is 0.266 e. The van der Waals surface area contributed by atoms with Crippen molar-refractivity contribution in [2.45, 2.75) is 46.5 Å². The number of aryl methyl sites for hydroxylation is 1. The molecule has 2 aromatic carbocycles. The number of hydrogen-bond donors (Lipinski definition) is 2. The van der Waals surface area contributed by atoms with Crippen molar-refractivity contribution >= 4 is 17.7 Å². The van der Waals surface area contributed by atoms with Gasteiger partial charge in [-0.05, 0) is 65.8 Å². The van der Waals surface area contributed by atoms with Crippen molar-refractivity contribution in [1.29, 1.82) is 5.26 Å². The third-order valence-electron chi connectivity index (χ3n) is 4.42. The van der Waals surface area contributed by atoms with E-state index < -0.39 is 5.91 Å². The summed E-state index contributed by atoms with van der Waals surface area (Å²) in [5, 5.41) is 22.7. The Kier molecular flexibility index (Phi) is 6.41. The van der Waals surface area contributed by atoms with Gasteiger partial charge in [0.05, 0.1) is 0 Å². The molecule has 0 aliphatic carbocycles. The number of aromatic hydroxyl groups is 1. The summed E-state index contributed by atoms with van der Waals surface area (Å²) in [4.78, 5) is 12.5.